The summed E-state index contributed by atoms with van der Waals surface area (Å²) in [7, 11) is 3.28. The zero-order valence-electron chi connectivity index (χ0n) is 16.4. The SMILES string of the molecule is CN=C(NCC1CCCOC1c1ccccc1)N1CCC(C(=O)OC)CC1. The number of nitrogens with zero attached hydrogens (tertiary/aromatic N) is 2. The number of ether oxygens (including phenoxy) is 2. The van der Waals surface area contributed by atoms with E-state index in [1.165, 1.54) is 12.7 Å². The lowest BCUT2D eigenvalue weighted by Gasteiger charge is -2.36. The fraction of sp³-hybridized carbons (Fsp3) is 0.619. The van der Waals surface area contributed by atoms with Gasteiger partial charge in [0.2, 0.25) is 0 Å². The third kappa shape index (κ3) is 5.01. The van der Waals surface area contributed by atoms with Crippen LogP contribution in [0.15, 0.2) is 35.3 Å². The van der Waals surface area contributed by atoms with E-state index in [1.807, 2.05) is 13.1 Å². The zero-order chi connectivity index (χ0) is 19.1. The molecule has 2 atom stereocenters. The minimum atomic E-state index is -0.0948. The molecule has 2 aliphatic rings. The van der Waals surface area contributed by atoms with Gasteiger partial charge in [0.1, 0.15) is 0 Å². The molecular weight excluding hydrogens is 342 g/mol. The third-order valence-corrected chi connectivity index (χ3v) is 5.64. The van der Waals surface area contributed by atoms with E-state index < -0.39 is 0 Å². The van der Waals surface area contributed by atoms with Crippen molar-refractivity contribution in [3.05, 3.63) is 35.9 Å². The second-order valence-corrected chi connectivity index (χ2v) is 7.32. The van der Waals surface area contributed by atoms with E-state index in [0.717, 1.165) is 57.9 Å². The van der Waals surface area contributed by atoms with Gasteiger partial charge in [0, 0.05) is 39.2 Å². The van der Waals surface area contributed by atoms with Crippen LogP contribution < -0.4 is 5.32 Å². The molecule has 148 valence electrons. The quantitative estimate of drug-likeness (QED) is 0.499. The molecule has 6 nitrogen and oxygen atoms in total. The average Bonchev–Trinajstić information content (AvgIpc) is 2.75. The number of hydrogen-bond acceptors (Lipinski definition) is 4. The van der Waals surface area contributed by atoms with Crippen molar-refractivity contribution in [2.45, 2.75) is 31.8 Å². The highest BCUT2D eigenvalue weighted by Gasteiger charge is 2.30. The number of piperidine rings is 1. The lowest BCUT2D eigenvalue weighted by molar-refractivity contribution is -0.146. The third-order valence-electron chi connectivity index (χ3n) is 5.64. The molecule has 1 aromatic rings. The first-order valence-electron chi connectivity index (χ1n) is 9.93. The van der Waals surface area contributed by atoms with Gasteiger partial charge in [0.05, 0.1) is 19.1 Å². The molecule has 6 heteroatoms. The van der Waals surface area contributed by atoms with Crippen LogP contribution >= 0.6 is 0 Å². The molecule has 2 saturated heterocycles. The molecule has 3 rings (SSSR count). The van der Waals surface area contributed by atoms with Crippen molar-refractivity contribution in [3.63, 3.8) is 0 Å². The molecule has 0 aromatic heterocycles. The Balaban J connectivity index is 1.55. The molecule has 1 N–H and O–H groups in total. The summed E-state index contributed by atoms with van der Waals surface area (Å²) >= 11 is 0. The first-order valence-corrected chi connectivity index (χ1v) is 9.93. The number of carbonyl (C=O) groups is 1. The molecule has 0 saturated carbocycles. The van der Waals surface area contributed by atoms with Gasteiger partial charge < -0.3 is 19.7 Å². The van der Waals surface area contributed by atoms with Gasteiger partial charge in [-0.15, -0.1) is 0 Å². The van der Waals surface area contributed by atoms with Gasteiger partial charge in [-0.1, -0.05) is 30.3 Å². The summed E-state index contributed by atoms with van der Waals surface area (Å²) in [5, 5.41) is 3.55. The molecule has 2 aliphatic heterocycles. The van der Waals surface area contributed by atoms with E-state index in [0.29, 0.717) is 5.92 Å². The van der Waals surface area contributed by atoms with Crippen LogP contribution in [0.5, 0.6) is 0 Å². The average molecular weight is 373 g/mol. The van der Waals surface area contributed by atoms with E-state index in [2.05, 4.69) is 39.5 Å². The standard InChI is InChI=1S/C21H31N3O3/c1-22-21(24-12-10-17(11-13-24)20(25)26-2)23-15-18-9-6-14-27-19(18)16-7-4-3-5-8-16/h3-5,7-8,17-19H,6,9-15H2,1-2H3,(H,22,23). The minimum absolute atomic E-state index is 0.0126. The van der Waals surface area contributed by atoms with Gasteiger partial charge in [0.15, 0.2) is 5.96 Å². The smallest absolute Gasteiger partial charge is 0.308 e. The first-order chi connectivity index (χ1) is 13.2. The Morgan fingerprint density at radius 1 is 1.26 bits per heavy atom. The Labute approximate surface area is 161 Å². The molecule has 27 heavy (non-hydrogen) atoms. The molecule has 2 unspecified atom stereocenters. The molecule has 0 aliphatic carbocycles. The van der Waals surface area contributed by atoms with Gasteiger partial charge in [-0.3, -0.25) is 9.79 Å². The highest BCUT2D eigenvalue weighted by molar-refractivity contribution is 5.80. The molecule has 2 fully saturated rings. The Kier molecular flexibility index (Phi) is 7.10. The maximum Gasteiger partial charge on any atom is 0.308 e. The maximum absolute atomic E-state index is 11.7. The highest BCUT2D eigenvalue weighted by atomic mass is 16.5. The summed E-state index contributed by atoms with van der Waals surface area (Å²) in [5.41, 5.74) is 1.25. The monoisotopic (exact) mass is 373 g/mol. The Morgan fingerprint density at radius 3 is 2.67 bits per heavy atom. The van der Waals surface area contributed by atoms with E-state index in [4.69, 9.17) is 9.47 Å². The van der Waals surface area contributed by atoms with Crippen LogP contribution in [0.2, 0.25) is 0 Å². The van der Waals surface area contributed by atoms with Crippen molar-refractivity contribution in [1.82, 2.24) is 10.2 Å². The number of nitrogens with one attached hydrogen (secondary N) is 1. The Bertz CT molecular complexity index is 627. The molecule has 0 spiro atoms. The van der Waals surface area contributed by atoms with Gasteiger partial charge in [-0.2, -0.15) is 0 Å². The van der Waals surface area contributed by atoms with E-state index in [1.54, 1.807) is 0 Å². The molecular formula is C21H31N3O3. The van der Waals surface area contributed by atoms with Crippen molar-refractivity contribution in [2.75, 3.05) is 40.4 Å². The summed E-state index contributed by atoms with van der Waals surface area (Å²) < 4.78 is 11.0. The second-order valence-electron chi connectivity index (χ2n) is 7.32. The number of benzene rings is 1. The van der Waals surface area contributed by atoms with Crippen molar-refractivity contribution >= 4 is 11.9 Å². The summed E-state index contributed by atoms with van der Waals surface area (Å²) in [6.07, 6.45) is 4.00. The number of likely N-dealkylation sites (tertiary alicyclic amines) is 1. The minimum Gasteiger partial charge on any atom is -0.469 e. The van der Waals surface area contributed by atoms with Crippen LogP contribution in [-0.2, 0) is 14.3 Å². The fourth-order valence-electron chi connectivity index (χ4n) is 4.11. The molecule has 2 heterocycles. The number of hydrogen-bond donors (Lipinski definition) is 1. The number of guanidine groups is 1. The first kappa shape index (κ1) is 19.7. The topological polar surface area (TPSA) is 63.2 Å². The van der Waals surface area contributed by atoms with Gasteiger partial charge in [0.25, 0.3) is 0 Å². The van der Waals surface area contributed by atoms with E-state index >= 15 is 0 Å². The predicted octanol–water partition coefficient (Wildman–Crippen LogP) is 2.61. The van der Waals surface area contributed by atoms with Crippen LogP contribution in [0, 0.1) is 11.8 Å². The van der Waals surface area contributed by atoms with Crippen molar-refractivity contribution < 1.29 is 14.3 Å². The number of carbonyl (C=O) groups excluding carboxylic acids is 1. The molecule has 0 radical (unpaired) electrons. The predicted molar refractivity (Wildman–Crippen MR) is 106 cm³/mol. The maximum atomic E-state index is 11.7. The van der Waals surface area contributed by atoms with Crippen LogP contribution in [0.1, 0.15) is 37.4 Å². The number of aliphatic imine (C=N–C) groups is 1. The normalized spacial score (nSPS) is 24.5. The van der Waals surface area contributed by atoms with Crippen LogP contribution in [0.4, 0.5) is 0 Å². The number of methoxy groups -OCH3 is 1. The zero-order valence-corrected chi connectivity index (χ0v) is 16.4. The van der Waals surface area contributed by atoms with E-state index in [-0.39, 0.29) is 18.0 Å². The van der Waals surface area contributed by atoms with Crippen molar-refractivity contribution in [1.29, 1.82) is 0 Å². The van der Waals surface area contributed by atoms with Gasteiger partial charge in [-0.05, 0) is 31.2 Å². The number of esters is 1. The lowest BCUT2D eigenvalue weighted by atomic mass is 9.89. The van der Waals surface area contributed by atoms with Gasteiger partial charge in [-0.25, -0.2) is 0 Å². The van der Waals surface area contributed by atoms with Crippen molar-refractivity contribution in [2.24, 2.45) is 16.8 Å². The summed E-state index contributed by atoms with van der Waals surface area (Å²) in [5.74, 6) is 1.25. The summed E-state index contributed by atoms with van der Waals surface area (Å²) in [4.78, 5) is 18.4. The summed E-state index contributed by atoms with van der Waals surface area (Å²) in [6.45, 7) is 3.31. The van der Waals surface area contributed by atoms with E-state index in [9.17, 15) is 4.79 Å². The van der Waals surface area contributed by atoms with Crippen LogP contribution in [0.3, 0.4) is 0 Å². The highest BCUT2D eigenvalue weighted by Crippen LogP contribution is 2.33. The number of rotatable bonds is 4. The van der Waals surface area contributed by atoms with Crippen molar-refractivity contribution in [3.8, 4) is 0 Å². The van der Waals surface area contributed by atoms with Crippen LogP contribution in [-0.4, -0.2) is 57.2 Å². The molecule has 0 bridgehead atoms. The second kappa shape index (κ2) is 9.74. The fourth-order valence-corrected chi connectivity index (χ4v) is 4.11. The molecule has 0 amide bonds. The Morgan fingerprint density at radius 2 is 2.00 bits per heavy atom. The van der Waals surface area contributed by atoms with Gasteiger partial charge >= 0.3 is 5.97 Å². The lowest BCUT2D eigenvalue weighted by Crippen LogP contribution is -2.48. The largest absolute Gasteiger partial charge is 0.469 e. The summed E-state index contributed by atoms with van der Waals surface area (Å²) in [6, 6.07) is 10.5. The Hall–Kier alpha value is -2.08. The van der Waals surface area contributed by atoms with Crippen LogP contribution in [0.25, 0.3) is 0 Å². The molecule has 1 aromatic carbocycles.